The molecule has 318 valence electrons. The summed E-state index contributed by atoms with van der Waals surface area (Å²) in [6.45, 7) is 0. The molecular formula is C52H35F6N3O3. The van der Waals surface area contributed by atoms with Crippen molar-refractivity contribution in [2.45, 2.75) is 17.9 Å². The molecule has 12 heteroatoms. The van der Waals surface area contributed by atoms with Gasteiger partial charge in [-0.15, -0.1) is 0 Å². The molecule has 0 saturated carbocycles. The molecule has 64 heavy (non-hydrogen) atoms. The molecule has 1 amide bonds. The molecule has 1 aliphatic heterocycles. The zero-order valence-electron chi connectivity index (χ0n) is 33.5. The molecule has 0 atom stereocenters. The molecule has 6 nitrogen and oxygen atoms in total. The number of fused-ring (bicyclic) bond motifs is 1. The number of para-hydroxylation sites is 1. The van der Waals surface area contributed by atoms with Crippen molar-refractivity contribution >= 4 is 23.0 Å². The van der Waals surface area contributed by atoms with E-state index in [-0.39, 0.29) is 17.4 Å². The second-order valence-corrected chi connectivity index (χ2v) is 15.1. The maximum absolute atomic E-state index is 14.6. The van der Waals surface area contributed by atoms with Crippen LogP contribution in [-0.2, 0) is 17.9 Å². The summed E-state index contributed by atoms with van der Waals surface area (Å²) in [5.74, 6) is -0.953. The van der Waals surface area contributed by atoms with Gasteiger partial charge < -0.3 is 20.9 Å². The van der Waals surface area contributed by atoms with E-state index in [0.717, 1.165) is 12.1 Å². The smallest absolute Gasteiger partial charge is 0.420 e. The van der Waals surface area contributed by atoms with Crippen molar-refractivity contribution in [3.05, 3.63) is 221 Å². The maximum atomic E-state index is 14.6. The van der Waals surface area contributed by atoms with E-state index in [9.17, 15) is 31.1 Å². The highest BCUT2D eigenvalue weighted by Crippen LogP contribution is 2.52. The molecule has 0 unspecified atom stereocenters. The number of nitrogens with two attached hydrogens (primary N) is 2. The predicted molar refractivity (Wildman–Crippen MR) is 235 cm³/mol. The van der Waals surface area contributed by atoms with Gasteiger partial charge in [0.25, 0.3) is 5.91 Å². The molecular weight excluding hydrogens is 829 g/mol. The number of carbonyl (C=O) groups is 1. The first-order valence-corrected chi connectivity index (χ1v) is 19.9. The minimum Gasteiger partial charge on any atom is -0.457 e. The predicted octanol–water partition coefficient (Wildman–Crippen LogP) is 13.8. The van der Waals surface area contributed by atoms with E-state index < -0.39 is 40.5 Å². The first kappa shape index (κ1) is 41.4. The van der Waals surface area contributed by atoms with Crippen molar-refractivity contribution in [1.82, 2.24) is 0 Å². The highest BCUT2D eigenvalue weighted by molar-refractivity contribution is 6.13. The van der Waals surface area contributed by atoms with Gasteiger partial charge in [-0.1, -0.05) is 97.1 Å². The summed E-state index contributed by atoms with van der Waals surface area (Å²) in [6.07, 6.45) is -9.50. The molecule has 9 rings (SSSR count). The minimum absolute atomic E-state index is 0.0973. The van der Waals surface area contributed by atoms with Crippen molar-refractivity contribution in [3.63, 3.8) is 0 Å². The van der Waals surface area contributed by atoms with Gasteiger partial charge in [-0.25, -0.2) is 0 Å². The summed E-state index contributed by atoms with van der Waals surface area (Å²) >= 11 is 0. The Morgan fingerprint density at radius 2 is 0.859 bits per heavy atom. The SMILES string of the molecule is Nc1ccc(-c2ccc(Oc3ccc(C4(c5ccc(Oc6ccc(-c7ccc(N)cc7)cc6C(F)(F)F)cc5)c5ccccc5C(=O)N4c4ccccc4)cc3)c(C(F)(F)F)c2)cc1. The number of alkyl halides is 6. The van der Waals surface area contributed by atoms with E-state index in [0.29, 0.717) is 61.6 Å². The molecule has 0 radical (unpaired) electrons. The van der Waals surface area contributed by atoms with Crippen LogP contribution in [0, 0.1) is 0 Å². The van der Waals surface area contributed by atoms with Crippen LogP contribution in [0.4, 0.5) is 43.4 Å². The van der Waals surface area contributed by atoms with Crippen molar-refractivity contribution in [3.8, 4) is 45.3 Å². The van der Waals surface area contributed by atoms with E-state index >= 15 is 0 Å². The lowest BCUT2D eigenvalue weighted by Gasteiger charge is -2.40. The number of carbonyl (C=O) groups excluding carboxylic acids is 1. The number of nitrogens with zero attached hydrogens (tertiary/aromatic N) is 1. The first-order chi connectivity index (χ1) is 30.7. The Hall–Kier alpha value is -7.99. The van der Waals surface area contributed by atoms with Crippen LogP contribution in [0.3, 0.4) is 0 Å². The fourth-order valence-electron chi connectivity index (χ4n) is 8.18. The molecule has 8 aromatic rings. The zero-order valence-corrected chi connectivity index (χ0v) is 33.5. The molecule has 1 aliphatic rings. The van der Waals surface area contributed by atoms with E-state index in [1.807, 2.05) is 12.1 Å². The maximum Gasteiger partial charge on any atom is 0.420 e. The molecule has 0 fully saturated rings. The topological polar surface area (TPSA) is 90.8 Å². The Balaban J connectivity index is 1.12. The van der Waals surface area contributed by atoms with Crippen LogP contribution in [0.2, 0.25) is 0 Å². The van der Waals surface area contributed by atoms with Crippen LogP contribution in [0.25, 0.3) is 22.3 Å². The summed E-state index contributed by atoms with van der Waals surface area (Å²) in [4.78, 5) is 16.2. The fourth-order valence-corrected chi connectivity index (χ4v) is 8.18. The van der Waals surface area contributed by atoms with Gasteiger partial charge in [0.15, 0.2) is 0 Å². The number of hydrogen-bond donors (Lipinski definition) is 2. The van der Waals surface area contributed by atoms with Crippen molar-refractivity contribution in [2.24, 2.45) is 0 Å². The summed E-state index contributed by atoms with van der Waals surface area (Å²) in [5, 5.41) is 0. The van der Waals surface area contributed by atoms with E-state index in [1.165, 1.54) is 48.5 Å². The number of ether oxygens (including phenoxy) is 2. The monoisotopic (exact) mass is 863 g/mol. The quantitative estimate of drug-likeness (QED) is 0.111. The average molecular weight is 864 g/mol. The Bertz CT molecular complexity index is 2840. The first-order valence-electron chi connectivity index (χ1n) is 19.9. The van der Waals surface area contributed by atoms with Crippen LogP contribution < -0.4 is 25.8 Å². The van der Waals surface area contributed by atoms with E-state index in [2.05, 4.69) is 0 Å². The Labute approximate surface area is 363 Å². The third kappa shape index (κ3) is 7.63. The molecule has 1 heterocycles. The van der Waals surface area contributed by atoms with Crippen molar-refractivity contribution in [1.29, 1.82) is 0 Å². The molecule has 0 bridgehead atoms. The van der Waals surface area contributed by atoms with Gasteiger partial charge in [-0.2, -0.15) is 26.3 Å². The third-order valence-corrected chi connectivity index (χ3v) is 11.2. The lowest BCUT2D eigenvalue weighted by molar-refractivity contribution is -0.139. The molecule has 4 N–H and O–H groups in total. The lowest BCUT2D eigenvalue weighted by atomic mass is 9.76. The summed E-state index contributed by atoms with van der Waals surface area (Å²) in [5.41, 5.74) is 13.6. The number of benzene rings is 8. The molecule has 0 aromatic heterocycles. The van der Waals surface area contributed by atoms with Gasteiger partial charge in [0.1, 0.15) is 28.5 Å². The molecule has 0 spiro atoms. The van der Waals surface area contributed by atoms with Gasteiger partial charge in [-0.3, -0.25) is 9.69 Å². The van der Waals surface area contributed by atoms with Crippen LogP contribution in [0.15, 0.2) is 188 Å². The number of nitrogen functional groups attached to an aromatic ring is 2. The van der Waals surface area contributed by atoms with E-state index in [4.69, 9.17) is 20.9 Å². The van der Waals surface area contributed by atoms with Crippen LogP contribution in [-0.4, -0.2) is 5.91 Å². The standard InChI is InChI=1S/C52H35F6N3O3/c53-51(54,55)45-30-34(32-10-20-38(59)21-11-32)14-28-47(45)63-41-24-16-36(17-25-41)50(44-9-5-4-8-43(44)49(62)61(50)40-6-2-1-3-7-40)37-18-26-42(27-19-37)64-48-29-15-35(31-46(48)52(56,57)58)33-12-22-39(60)23-13-33/h1-31H,59-60H2. The number of anilines is 3. The van der Waals surface area contributed by atoms with Gasteiger partial charge in [-0.05, 0) is 130 Å². The second kappa shape index (κ2) is 16.0. The third-order valence-electron chi connectivity index (χ3n) is 11.2. The summed E-state index contributed by atoms with van der Waals surface area (Å²) in [6, 6.07) is 49.5. The fraction of sp³-hybridized carbons (Fsp3) is 0.0577. The zero-order chi connectivity index (χ0) is 44.8. The molecule has 0 saturated heterocycles. The van der Waals surface area contributed by atoms with Crippen molar-refractivity contribution < 1.29 is 40.6 Å². The van der Waals surface area contributed by atoms with E-state index in [1.54, 1.807) is 120 Å². The highest BCUT2D eigenvalue weighted by Gasteiger charge is 2.53. The molecule has 0 aliphatic carbocycles. The van der Waals surface area contributed by atoms with Crippen LogP contribution in [0.5, 0.6) is 23.0 Å². The van der Waals surface area contributed by atoms with Gasteiger partial charge in [0.05, 0.1) is 11.1 Å². The Morgan fingerprint density at radius 1 is 0.453 bits per heavy atom. The van der Waals surface area contributed by atoms with Crippen LogP contribution >= 0.6 is 0 Å². The van der Waals surface area contributed by atoms with Gasteiger partial charge in [0.2, 0.25) is 0 Å². The van der Waals surface area contributed by atoms with Gasteiger partial charge >= 0.3 is 12.4 Å². The summed E-state index contributed by atoms with van der Waals surface area (Å²) in [7, 11) is 0. The summed E-state index contributed by atoms with van der Waals surface area (Å²) < 4.78 is 98.9. The number of hydrogen-bond acceptors (Lipinski definition) is 5. The lowest BCUT2D eigenvalue weighted by Crippen LogP contribution is -2.46. The molecule has 8 aromatic carbocycles. The number of halogens is 6. The second-order valence-electron chi connectivity index (χ2n) is 15.1. The largest absolute Gasteiger partial charge is 0.457 e. The van der Waals surface area contributed by atoms with Gasteiger partial charge in [0, 0.05) is 22.6 Å². The number of rotatable bonds is 9. The minimum atomic E-state index is -4.75. The number of amides is 1. The Kier molecular flexibility index (Phi) is 10.4. The van der Waals surface area contributed by atoms with Crippen LogP contribution in [0.1, 0.15) is 38.2 Å². The normalized spacial score (nSPS) is 13.4. The average Bonchev–Trinajstić information content (AvgIpc) is 3.56. The Morgan fingerprint density at radius 3 is 1.30 bits per heavy atom. The van der Waals surface area contributed by atoms with Crippen molar-refractivity contribution in [2.75, 3.05) is 16.4 Å². The highest BCUT2D eigenvalue weighted by atomic mass is 19.4.